The van der Waals surface area contributed by atoms with Gasteiger partial charge in [0.1, 0.15) is 16.0 Å². The second kappa shape index (κ2) is 11.4. The summed E-state index contributed by atoms with van der Waals surface area (Å²) in [4.78, 5) is 21.8. The number of nitrogens with zero attached hydrogens (tertiary/aromatic N) is 4. The molecule has 0 aliphatic carbocycles. The molecular formula is C46H26N4OS. The number of thiophene rings is 1. The van der Waals surface area contributed by atoms with Crippen LogP contribution in [0.2, 0.25) is 0 Å². The highest BCUT2D eigenvalue weighted by Gasteiger charge is 2.21. The standard InChI is InChI=1S/C46H26N4OS/c1-2-13-27(14-3-1)43-48-44(50-45(49-43)37-22-12-21-34-30-17-8-10-23-38(30)51-42(34)37)35-26-25-33(28-15-4-5-16-29(28)35)41-32-19-7-6-18-31(32)40-36-20-9-11-24-39(36)52-46(40)47-41/h1-26H. The van der Waals surface area contributed by atoms with Gasteiger partial charge in [0, 0.05) is 48.3 Å². The molecule has 0 saturated carbocycles. The Hall–Kier alpha value is -6.76. The Bertz CT molecular complexity index is 3200. The maximum atomic E-state index is 6.44. The first kappa shape index (κ1) is 29.0. The van der Waals surface area contributed by atoms with Crippen molar-refractivity contribution in [1.82, 2.24) is 19.9 Å². The molecule has 11 aromatic rings. The summed E-state index contributed by atoms with van der Waals surface area (Å²) in [5.41, 5.74) is 6.29. The van der Waals surface area contributed by atoms with E-state index < -0.39 is 0 Å². The molecule has 0 spiro atoms. The summed E-state index contributed by atoms with van der Waals surface area (Å²) in [7, 11) is 0. The number of rotatable bonds is 4. The van der Waals surface area contributed by atoms with Crippen LogP contribution in [-0.4, -0.2) is 19.9 Å². The first-order chi connectivity index (χ1) is 25.8. The summed E-state index contributed by atoms with van der Waals surface area (Å²) in [5, 5.41) is 9.02. The predicted molar refractivity (Wildman–Crippen MR) is 215 cm³/mol. The van der Waals surface area contributed by atoms with Gasteiger partial charge in [-0.1, -0.05) is 133 Å². The van der Waals surface area contributed by atoms with Crippen LogP contribution in [0.4, 0.5) is 0 Å². The third-order valence-corrected chi connectivity index (χ3v) is 11.0. The molecule has 0 unspecified atom stereocenters. The topological polar surface area (TPSA) is 64.7 Å². The largest absolute Gasteiger partial charge is 0.455 e. The van der Waals surface area contributed by atoms with E-state index in [0.29, 0.717) is 17.5 Å². The fourth-order valence-corrected chi connectivity index (χ4v) is 8.70. The third-order valence-electron chi connectivity index (χ3n) is 9.97. The Morgan fingerprint density at radius 1 is 0.385 bits per heavy atom. The molecule has 6 heteroatoms. The number of pyridine rings is 1. The molecule has 52 heavy (non-hydrogen) atoms. The first-order valence-electron chi connectivity index (χ1n) is 17.2. The normalized spacial score (nSPS) is 11.8. The maximum absolute atomic E-state index is 6.44. The van der Waals surface area contributed by atoms with E-state index in [4.69, 9.17) is 24.4 Å². The highest BCUT2D eigenvalue weighted by atomic mass is 32.1. The Balaban J connectivity index is 1.16. The Kier molecular flexibility index (Phi) is 6.35. The second-order valence-corrected chi connectivity index (χ2v) is 14.0. The lowest BCUT2D eigenvalue weighted by Gasteiger charge is -2.14. The smallest absolute Gasteiger partial charge is 0.167 e. The molecule has 0 bridgehead atoms. The average Bonchev–Trinajstić information content (AvgIpc) is 3.79. The van der Waals surface area contributed by atoms with E-state index in [-0.39, 0.29) is 0 Å². The first-order valence-corrected chi connectivity index (χ1v) is 18.0. The predicted octanol–water partition coefficient (Wildman–Crippen LogP) is 12.5. The number of hydrogen-bond acceptors (Lipinski definition) is 6. The molecule has 0 amide bonds. The number of hydrogen-bond donors (Lipinski definition) is 0. The van der Waals surface area contributed by atoms with Gasteiger partial charge in [0.05, 0.1) is 11.3 Å². The van der Waals surface area contributed by atoms with Crippen molar-refractivity contribution in [3.05, 3.63) is 158 Å². The van der Waals surface area contributed by atoms with Crippen molar-refractivity contribution in [3.63, 3.8) is 0 Å². The summed E-state index contributed by atoms with van der Waals surface area (Å²) in [6, 6.07) is 54.4. The van der Waals surface area contributed by atoms with Gasteiger partial charge >= 0.3 is 0 Å². The molecule has 0 N–H and O–H groups in total. The van der Waals surface area contributed by atoms with Crippen molar-refractivity contribution in [1.29, 1.82) is 0 Å². The molecule has 0 radical (unpaired) electrons. The van der Waals surface area contributed by atoms with E-state index in [1.807, 2.05) is 60.7 Å². The van der Waals surface area contributed by atoms with E-state index in [9.17, 15) is 0 Å². The second-order valence-electron chi connectivity index (χ2n) is 12.9. The van der Waals surface area contributed by atoms with Crippen molar-refractivity contribution in [2.45, 2.75) is 0 Å². The molecule has 5 nitrogen and oxygen atoms in total. The quantitative estimate of drug-likeness (QED) is 0.185. The van der Waals surface area contributed by atoms with Gasteiger partial charge in [0.15, 0.2) is 17.5 Å². The minimum Gasteiger partial charge on any atom is -0.455 e. The maximum Gasteiger partial charge on any atom is 0.167 e. The van der Waals surface area contributed by atoms with Gasteiger partial charge in [-0.05, 0) is 40.4 Å². The summed E-state index contributed by atoms with van der Waals surface area (Å²) in [5.74, 6) is 1.76. The van der Waals surface area contributed by atoms with Crippen LogP contribution in [0, 0.1) is 0 Å². The summed E-state index contributed by atoms with van der Waals surface area (Å²) >= 11 is 1.75. The van der Waals surface area contributed by atoms with Crippen molar-refractivity contribution in [2.24, 2.45) is 0 Å². The lowest BCUT2D eigenvalue weighted by atomic mass is 9.94. The number of fused-ring (bicyclic) bond motifs is 9. The van der Waals surface area contributed by atoms with E-state index in [0.717, 1.165) is 70.9 Å². The number of furan rings is 1. The Morgan fingerprint density at radius 2 is 0.981 bits per heavy atom. The monoisotopic (exact) mass is 682 g/mol. The average molecular weight is 683 g/mol. The molecule has 0 saturated heterocycles. The van der Waals surface area contributed by atoms with Crippen molar-refractivity contribution < 1.29 is 4.42 Å². The molecule has 4 aromatic heterocycles. The van der Waals surface area contributed by atoms with Gasteiger partial charge in [0.2, 0.25) is 0 Å². The SMILES string of the molecule is c1ccc(-c2nc(-c3ccc(-c4nc5sc6ccccc6c5c5ccccc45)c4ccccc34)nc(-c3cccc4c3oc3ccccc34)n2)cc1. The molecular weight excluding hydrogens is 657 g/mol. The van der Waals surface area contributed by atoms with Crippen LogP contribution in [0.15, 0.2) is 162 Å². The summed E-state index contributed by atoms with van der Waals surface area (Å²) < 4.78 is 7.68. The van der Waals surface area contributed by atoms with Crippen LogP contribution < -0.4 is 0 Å². The van der Waals surface area contributed by atoms with Crippen molar-refractivity contribution >= 4 is 75.1 Å². The molecule has 0 aliphatic rings. The van der Waals surface area contributed by atoms with Gasteiger partial charge in [-0.2, -0.15) is 0 Å². The molecule has 0 fully saturated rings. The van der Waals surface area contributed by atoms with Crippen LogP contribution >= 0.6 is 11.3 Å². The lowest BCUT2D eigenvalue weighted by molar-refractivity contribution is 0.669. The van der Waals surface area contributed by atoms with Crippen LogP contribution in [0.25, 0.3) is 109 Å². The van der Waals surface area contributed by atoms with Crippen LogP contribution in [0.3, 0.4) is 0 Å². The fourth-order valence-electron chi connectivity index (χ4n) is 7.60. The van der Waals surface area contributed by atoms with Gasteiger partial charge in [0.25, 0.3) is 0 Å². The van der Waals surface area contributed by atoms with Crippen molar-refractivity contribution in [3.8, 4) is 45.4 Å². The molecule has 4 heterocycles. The van der Waals surface area contributed by atoms with Crippen LogP contribution in [-0.2, 0) is 0 Å². The highest BCUT2D eigenvalue weighted by Crippen LogP contribution is 2.43. The highest BCUT2D eigenvalue weighted by molar-refractivity contribution is 7.25. The molecule has 0 aliphatic heterocycles. The van der Waals surface area contributed by atoms with Gasteiger partial charge in [-0.3, -0.25) is 0 Å². The fraction of sp³-hybridized carbons (Fsp3) is 0. The van der Waals surface area contributed by atoms with E-state index in [1.165, 1.54) is 20.9 Å². The lowest BCUT2D eigenvalue weighted by Crippen LogP contribution is -2.01. The zero-order chi connectivity index (χ0) is 34.2. The summed E-state index contributed by atoms with van der Waals surface area (Å²) in [6.07, 6.45) is 0. The van der Waals surface area contributed by atoms with Crippen molar-refractivity contribution in [2.75, 3.05) is 0 Å². The van der Waals surface area contributed by atoms with E-state index in [1.54, 1.807) is 11.3 Å². The van der Waals surface area contributed by atoms with Gasteiger partial charge < -0.3 is 4.42 Å². The summed E-state index contributed by atoms with van der Waals surface area (Å²) in [6.45, 7) is 0. The molecule has 0 atom stereocenters. The Labute approximate surface area is 301 Å². The number of para-hydroxylation sites is 2. The number of benzene rings is 7. The Morgan fingerprint density at radius 3 is 1.81 bits per heavy atom. The van der Waals surface area contributed by atoms with E-state index >= 15 is 0 Å². The molecule has 242 valence electrons. The van der Waals surface area contributed by atoms with Gasteiger partial charge in [-0.25, -0.2) is 19.9 Å². The number of aromatic nitrogens is 4. The molecule has 7 aromatic carbocycles. The van der Waals surface area contributed by atoms with Gasteiger partial charge in [-0.15, -0.1) is 11.3 Å². The molecule has 11 rings (SSSR count). The van der Waals surface area contributed by atoms with E-state index in [2.05, 4.69) is 97.1 Å². The van der Waals surface area contributed by atoms with Crippen LogP contribution in [0.1, 0.15) is 0 Å². The van der Waals surface area contributed by atoms with Crippen LogP contribution in [0.5, 0.6) is 0 Å². The zero-order valence-corrected chi connectivity index (χ0v) is 28.4. The third kappa shape index (κ3) is 4.41. The minimum absolute atomic E-state index is 0.560. The zero-order valence-electron chi connectivity index (χ0n) is 27.6. The minimum atomic E-state index is 0.560.